The van der Waals surface area contributed by atoms with Gasteiger partial charge in [0.05, 0.1) is 10.5 Å². The van der Waals surface area contributed by atoms with Gasteiger partial charge in [0.2, 0.25) is 0 Å². The molecule has 0 aliphatic heterocycles. The largest absolute Gasteiger partial charge is 0.348 e. The van der Waals surface area contributed by atoms with Crippen LogP contribution in [0.5, 0.6) is 0 Å². The first-order chi connectivity index (χ1) is 9.08. The van der Waals surface area contributed by atoms with Gasteiger partial charge in [-0.05, 0) is 12.8 Å². The number of hydrogen-bond acceptors (Lipinski definition) is 5. The number of amides is 1. The number of carbonyl (C=O) groups is 1. The van der Waals surface area contributed by atoms with Gasteiger partial charge in [0, 0.05) is 23.5 Å². The molecule has 0 bridgehead atoms. The van der Waals surface area contributed by atoms with Gasteiger partial charge in [-0.25, -0.2) is 0 Å². The molecule has 0 aromatic carbocycles. The zero-order chi connectivity index (χ0) is 13.8. The summed E-state index contributed by atoms with van der Waals surface area (Å²) in [7, 11) is 0. The Morgan fingerprint density at radius 3 is 2.84 bits per heavy atom. The van der Waals surface area contributed by atoms with E-state index in [-0.39, 0.29) is 23.0 Å². The summed E-state index contributed by atoms with van der Waals surface area (Å²) in [5.41, 5.74) is 6.38. The SMILES string of the molecule is NC1CCCCCC1NC(=O)c1csc([N+](=O)[O-])c1. The maximum absolute atomic E-state index is 12.0. The molecule has 2 rings (SSSR count). The Morgan fingerprint density at radius 1 is 1.42 bits per heavy atom. The van der Waals surface area contributed by atoms with Crippen molar-refractivity contribution in [1.82, 2.24) is 5.32 Å². The van der Waals surface area contributed by atoms with Gasteiger partial charge < -0.3 is 11.1 Å². The van der Waals surface area contributed by atoms with Crippen LogP contribution in [-0.4, -0.2) is 22.9 Å². The zero-order valence-corrected chi connectivity index (χ0v) is 11.3. The lowest BCUT2D eigenvalue weighted by molar-refractivity contribution is -0.380. The second kappa shape index (κ2) is 6.12. The predicted octanol–water partition coefficient (Wildman–Crippen LogP) is 2.05. The molecular formula is C12H17N3O3S. The van der Waals surface area contributed by atoms with Crippen molar-refractivity contribution in [3.8, 4) is 0 Å². The molecule has 104 valence electrons. The Kier molecular flexibility index (Phi) is 4.49. The van der Waals surface area contributed by atoms with E-state index in [0.717, 1.165) is 43.4 Å². The number of nitrogens with one attached hydrogen (secondary N) is 1. The van der Waals surface area contributed by atoms with Gasteiger partial charge in [0.15, 0.2) is 0 Å². The fourth-order valence-corrected chi connectivity index (χ4v) is 3.01. The van der Waals surface area contributed by atoms with E-state index in [1.165, 1.54) is 11.4 Å². The number of nitro groups is 1. The molecule has 2 atom stereocenters. The summed E-state index contributed by atoms with van der Waals surface area (Å²) in [6.07, 6.45) is 5.08. The lowest BCUT2D eigenvalue weighted by Crippen LogP contribution is -2.46. The topological polar surface area (TPSA) is 98.3 Å². The molecule has 19 heavy (non-hydrogen) atoms. The Labute approximate surface area is 115 Å². The third-order valence-corrected chi connectivity index (χ3v) is 4.29. The zero-order valence-electron chi connectivity index (χ0n) is 10.5. The van der Waals surface area contributed by atoms with E-state index in [2.05, 4.69) is 5.32 Å². The molecule has 1 fully saturated rings. The first-order valence-electron chi connectivity index (χ1n) is 6.37. The average Bonchev–Trinajstić information content (AvgIpc) is 2.78. The maximum atomic E-state index is 12.0. The van der Waals surface area contributed by atoms with E-state index >= 15 is 0 Å². The van der Waals surface area contributed by atoms with Gasteiger partial charge in [-0.2, -0.15) is 0 Å². The predicted molar refractivity (Wildman–Crippen MR) is 73.3 cm³/mol. The van der Waals surface area contributed by atoms with Crippen molar-refractivity contribution in [3.63, 3.8) is 0 Å². The van der Waals surface area contributed by atoms with E-state index in [0.29, 0.717) is 5.56 Å². The molecule has 1 aromatic rings. The van der Waals surface area contributed by atoms with Crippen molar-refractivity contribution in [1.29, 1.82) is 0 Å². The first-order valence-corrected chi connectivity index (χ1v) is 7.25. The minimum atomic E-state index is -0.487. The standard InChI is InChI=1S/C12H17N3O3S/c13-9-4-2-1-3-5-10(9)14-12(16)8-6-11(15(17)18)19-7-8/h6-7,9-10H,1-5,13H2,(H,14,16). The van der Waals surface area contributed by atoms with Crippen LogP contribution in [-0.2, 0) is 0 Å². The molecule has 1 saturated carbocycles. The van der Waals surface area contributed by atoms with Gasteiger partial charge in [0.25, 0.3) is 5.91 Å². The van der Waals surface area contributed by atoms with Crippen LogP contribution in [0.2, 0.25) is 0 Å². The lowest BCUT2D eigenvalue weighted by atomic mass is 10.0. The number of hydrogen-bond donors (Lipinski definition) is 2. The van der Waals surface area contributed by atoms with Crippen molar-refractivity contribution in [2.24, 2.45) is 5.73 Å². The summed E-state index contributed by atoms with van der Waals surface area (Å²) in [4.78, 5) is 22.1. The summed E-state index contributed by atoms with van der Waals surface area (Å²) < 4.78 is 0. The second-order valence-electron chi connectivity index (χ2n) is 4.81. The van der Waals surface area contributed by atoms with Crippen molar-refractivity contribution in [2.75, 3.05) is 0 Å². The van der Waals surface area contributed by atoms with E-state index in [1.807, 2.05) is 0 Å². The fraction of sp³-hybridized carbons (Fsp3) is 0.583. The van der Waals surface area contributed by atoms with Crippen LogP contribution >= 0.6 is 11.3 Å². The van der Waals surface area contributed by atoms with Crippen LogP contribution in [0.15, 0.2) is 11.4 Å². The molecule has 0 radical (unpaired) electrons. The summed E-state index contributed by atoms with van der Waals surface area (Å²) in [5, 5.41) is 15.0. The van der Waals surface area contributed by atoms with Crippen molar-refractivity contribution >= 4 is 22.2 Å². The molecule has 0 saturated heterocycles. The molecule has 1 aliphatic carbocycles. The fourth-order valence-electron chi connectivity index (χ4n) is 2.31. The maximum Gasteiger partial charge on any atom is 0.324 e. The average molecular weight is 283 g/mol. The van der Waals surface area contributed by atoms with Crippen LogP contribution in [0.25, 0.3) is 0 Å². The highest BCUT2D eigenvalue weighted by Gasteiger charge is 2.23. The smallest absolute Gasteiger partial charge is 0.324 e. The normalized spacial score (nSPS) is 23.6. The molecule has 1 aromatic heterocycles. The van der Waals surface area contributed by atoms with Gasteiger partial charge >= 0.3 is 5.00 Å². The van der Waals surface area contributed by atoms with E-state index in [9.17, 15) is 14.9 Å². The van der Waals surface area contributed by atoms with Gasteiger partial charge in [-0.1, -0.05) is 30.6 Å². The van der Waals surface area contributed by atoms with Gasteiger partial charge in [-0.15, -0.1) is 0 Å². The van der Waals surface area contributed by atoms with Crippen molar-refractivity contribution < 1.29 is 9.72 Å². The number of rotatable bonds is 3. The molecule has 2 unspecified atom stereocenters. The third kappa shape index (κ3) is 3.51. The van der Waals surface area contributed by atoms with Crippen LogP contribution in [0.3, 0.4) is 0 Å². The Hall–Kier alpha value is -1.47. The van der Waals surface area contributed by atoms with Crippen LogP contribution in [0.1, 0.15) is 42.5 Å². The lowest BCUT2D eigenvalue weighted by Gasteiger charge is -2.22. The van der Waals surface area contributed by atoms with Crippen LogP contribution in [0, 0.1) is 10.1 Å². The number of thiophene rings is 1. The highest BCUT2D eigenvalue weighted by molar-refractivity contribution is 7.13. The first kappa shape index (κ1) is 14.0. The second-order valence-corrected chi connectivity index (χ2v) is 5.70. The molecular weight excluding hydrogens is 266 g/mol. The molecule has 6 nitrogen and oxygen atoms in total. The molecule has 3 N–H and O–H groups in total. The Morgan fingerprint density at radius 2 is 2.16 bits per heavy atom. The highest BCUT2D eigenvalue weighted by atomic mass is 32.1. The Balaban J connectivity index is 2.00. The summed E-state index contributed by atoms with van der Waals surface area (Å²) in [6, 6.07) is 1.25. The molecule has 1 amide bonds. The quantitative estimate of drug-likeness (QED) is 0.504. The van der Waals surface area contributed by atoms with Gasteiger partial charge in [-0.3, -0.25) is 14.9 Å². The number of nitrogens with two attached hydrogens (primary N) is 1. The Bertz CT molecular complexity index is 475. The van der Waals surface area contributed by atoms with Gasteiger partial charge in [0.1, 0.15) is 0 Å². The number of nitrogens with zero attached hydrogens (tertiary/aromatic N) is 1. The van der Waals surface area contributed by atoms with Crippen molar-refractivity contribution in [2.45, 2.75) is 44.2 Å². The van der Waals surface area contributed by atoms with Crippen molar-refractivity contribution in [3.05, 3.63) is 27.1 Å². The summed E-state index contributed by atoms with van der Waals surface area (Å²) in [6.45, 7) is 0. The minimum absolute atomic E-state index is 0.0182. The van der Waals surface area contributed by atoms with E-state index in [4.69, 9.17) is 5.73 Å². The third-order valence-electron chi connectivity index (χ3n) is 3.41. The summed E-state index contributed by atoms with van der Waals surface area (Å²) in [5.74, 6) is -0.272. The number of carbonyl (C=O) groups excluding carboxylic acids is 1. The monoisotopic (exact) mass is 283 g/mol. The summed E-state index contributed by atoms with van der Waals surface area (Å²) >= 11 is 0.962. The molecule has 1 aliphatic rings. The van der Waals surface area contributed by atoms with E-state index in [1.54, 1.807) is 0 Å². The van der Waals surface area contributed by atoms with E-state index < -0.39 is 4.92 Å². The molecule has 1 heterocycles. The minimum Gasteiger partial charge on any atom is -0.348 e. The van der Waals surface area contributed by atoms with Crippen LogP contribution in [0.4, 0.5) is 5.00 Å². The highest BCUT2D eigenvalue weighted by Crippen LogP contribution is 2.23. The molecule has 7 heteroatoms. The molecule has 0 spiro atoms. The van der Waals surface area contributed by atoms with Crippen LogP contribution < -0.4 is 11.1 Å².